The zero-order valence-electron chi connectivity index (χ0n) is 10.9. The number of nitrogens with zero attached hydrogens (tertiary/aromatic N) is 1. The van der Waals surface area contributed by atoms with Crippen LogP contribution in [0.2, 0.25) is 0 Å². The van der Waals surface area contributed by atoms with Gasteiger partial charge in [-0.3, -0.25) is 4.79 Å². The van der Waals surface area contributed by atoms with E-state index < -0.39 is 6.10 Å². The first-order valence-corrected chi connectivity index (χ1v) is 5.76. The second-order valence-electron chi connectivity index (χ2n) is 4.11. The highest BCUT2D eigenvalue weighted by Gasteiger charge is 2.25. The van der Waals surface area contributed by atoms with E-state index in [1.54, 1.807) is 32.2 Å². The summed E-state index contributed by atoms with van der Waals surface area (Å²) in [5, 5.41) is 0. The summed E-state index contributed by atoms with van der Waals surface area (Å²) < 4.78 is 18.6. The molecule has 1 aromatic rings. The van der Waals surface area contributed by atoms with Gasteiger partial charge >= 0.3 is 0 Å². The lowest BCUT2D eigenvalue weighted by molar-refractivity contribution is -0.142. The molecule has 0 fully saturated rings. The van der Waals surface area contributed by atoms with Crippen LogP contribution in [0.3, 0.4) is 0 Å². The quantitative estimate of drug-likeness (QED) is 0.862. The van der Waals surface area contributed by atoms with Crippen LogP contribution in [-0.2, 0) is 9.53 Å². The third-order valence-corrected chi connectivity index (χ3v) is 3.06. The molecule has 18 heavy (non-hydrogen) atoms. The van der Waals surface area contributed by atoms with E-state index in [2.05, 4.69) is 0 Å². The number of carbonyl (C=O) groups excluding carboxylic acids is 1. The number of ether oxygens (including phenoxy) is 1. The standard InChI is InChI=1S/C13H19FN2O2/c1-9(10-6-4-5-7-11(10)14)16(2)13(17)12(8-15)18-3/h4-7,9,12H,8,15H2,1-3H3. The van der Waals surface area contributed by atoms with Gasteiger partial charge in [0.1, 0.15) is 11.9 Å². The normalized spacial score (nSPS) is 14.1. The molecule has 2 unspecified atom stereocenters. The Labute approximate surface area is 107 Å². The number of amides is 1. The minimum absolute atomic E-state index is 0.101. The molecule has 4 nitrogen and oxygen atoms in total. The van der Waals surface area contributed by atoms with Crippen molar-refractivity contribution < 1.29 is 13.9 Å². The van der Waals surface area contributed by atoms with Crippen molar-refractivity contribution in [3.05, 3.63) is 35.6 Å². The lowest BCUT2D eigenvalue weighted by Gasteiger charge is -2.28. The van der Waals surface area contributed by atoms with Crippen molar-refractivity contribution in [2.45, 2.75) is 19.1 Å². The predicted molar refractivity (Wildman–Crippen MR) is 67.4 cm³/mol. The maximum atomic E-state index is 13.6. The van der Waals surface area contributed by atoms with Crippen molar-refractivity contribution in [3.8, 4) is 0 Å². The molecule has 0 aliphatic rings. The van der Waals surface area contributed by atoms with E-state index in [4.69, 9.17) is 10.5 Å². The number of nitrogens with two attached hydrogens (primary N) is 1. The molecule has 0 spiro atoms. The number of halogens is 1. The molecular weight excluding hydrogens is 235 g/mol. The smallest absolute Gasteiger partial charge is 0.253 e. The molecule has 5 heteroatoms. The second kappa shape index (κ2) is 6.47. The minimum atomic E-state index is -0.691. The van der Waals surface area contributed by atoms with Crippen LogP contribution in [0.4, 0.5) is 4.39 Å². The summed E-state index contributed by atoms with van der Waals surface area (Å²) in [6.07, 6.45) is -0.691. The Morgan fingerprint density at radius 3 is 2.61 bits per heavy atom. The van der Waals surface area contributed by atoms with E-state index in [1.807, 2.05) is 0 Å². The molecule has 0 aromatic heterocycles. The van der Waals surface area contributed by atoms with Crippen molar-refractivity contribution in [2.24, 2.45) is 5.73 Å². The molecule has 0 heterocycles. The molecule has 1 aromatic carbocycles. The van der Waals surface area contributed by atoms with Crippen molar-refractivity contribution in [1.29, 1.82) is 0 Å². The first-order valence-electron chi connectivity index (χ1n) is 5.76. The van der Waals surface area contributed by atoms with Gasteiger partial charge in [0, 0.05) is 26.3 Å². The number of carbonyl (C=O) groups is 1. The Hall–Kier alpha value is -1.46. The molecule has 100 valence electrons. The molecule has 0 saturated carbocycles. The van der Waals surface area contributed by atoms with Gasteiger partial charge in [0.15, 0.2) is 0 Å². The summed E-state index contributed by atoms with van der Waals surface area (Å²) in [6.45, 7) is 1.86. The number of hydrogen-bond acceptors (Lipinski definition) is 3. The van der Waals surface area contributed by atoms with Gasteiger partial charge in [-0.2, -0.15) is 0 Å². The van der Waals surface area contributed by atoms with E-state index in [1.165, 1.54) is 18.1 Å². The largest absolute Gasteiger partial charge is 0.370 e. The number of rotatable bonds is 5. The van der Waals surface area contributed by atoms with Crippen LogP contribution >= 0.6 is 0 Å². The highest BCUT2D eigenvalue weighted by molar-refractivity contribution is 5.81. The van der Waals surface area contributed by atoms with Crippen molar-refractivity contribution in [2.75, 3.05) is 20.7 Å². The molecule has 0 saturated heterocycles. The highest BCUT2D eigenvalue weighted by atomic mass is 19.1. The first-order chi connectivity index (χ1) is 8.52. The molecule has 1 amide bonds. The Kier molecular flexibility index (Phi) is 5.25. The number of benzene rings is 1. The molecule has 0 aliphatic carbocycles. The van der Waals surface area contributed by atoms with Gasteiger partial charge in [-0.25, -0.2) is 4.39 Å². The monoisotopic (exact) mass is 254 g/mol. The average Bonchev–Trinajstić information content (AvgIpc) is 2.39. The van der Waals surface area contributed by atoms with E-state index in [0.717, 1.165) is 0 Å². The molecular formula is C13H19FN2O2. The van der Waals surface area contributed by atoms with Gasteiger partial charge in [-0.1, -0.05) is 18.2 Å². The van der Waals surface area contributed by atoms with Crippen LogP contribution < -0.4 is 5.73 Å². The summed E-state index contributed by atoms with van der Waals surface area (Å²) in [7, 11) is 3.04. The van der Waals surface area contributed by atoms with Crippen LogP contribution in [0.5, 0.6) is 0 Å². The number of hydrogen-bond donors (Lipinski definition) is 1. The van der Waals surface area contributed by atoms with Crippen molar-refractivity contribution >= 4 is 5.91 Å². The SMILES string of the molecule is COC(CN)C(=O)N(C)C(C)c1ccccc1F. The molecule has 0 aliphatic heterocycles. The molecule has 1 rings (SSSR count). The fraction of sp³-hybridized carbons (Fsp3) is 0.462. The van der Waals surface area contributed by atoms with Gasteiger partial charge in [-0.15, -0.1) is 0 Å². The molecule has 0 bridgehead atoms. The second-order valence-corrected chi connectivity index (χ2v) is 4.11. The zero-order valence-corrected chi connectivity index (χ0v) is 10.9. The van der Waals surface area contributed by atoms with Gasteiger partial charge in [0.05, 0.1) is 6.04 Å². The Balaban J connectivity index is 2.87. The van der Waals surface area contributed by atoms with Crippen molar-refractivity contribution in [3.63, 3.8) is 0 Å². The van der Waals surface area contributed by atoms with Crippen LogP contribution in [0, 0.1) is 5.82 Å². The van der Waals surface area contributed by atoms with Crippen LogP contribution in [0.1, 0.15) is 18.5 Å². The highest BCUT2D eigenvalue weighted by Crippen LogP contribution is 2.22. The number of likely N-dealkylation sites (N-methyl/N-ethyl adjacent to an activating group) is 1. The fourth-order valence-corrected chi connectivity index (χ4v) is 1.74. The summed E-state index contributed by atoms with van der Waals surface area (Å²) in [4.78, 5) is 13.5. The maximum Gasteiger partial charge on any atom is 0.253 e. The summed E-state index contributed by atoms with van der Waals surface area (Å²) in [5.74, 6) is -0.581. The van der Waals surface area contributed by atoms with E-state index >= 15 is 0 Å². The third-order valence-electron chi connectivity index (χ3n) is 3.06. The van der Waals surface area contributed by atoms with Gasteiger partial charge in [-0.05, 0) is 13.0 Å². The van der Waals surface area contributed by atoms with Gasteiger partial charge in [0.25, 0.3) is 5.91 Å². The lowest BCUT2D eigenvalue weighted by atomic mass is 10.1. The van der Waals surface area contributed by atoms with Crippen molar-refractivity contribution in [1.82, 2.24) is 4.90 Å². The van der Waals surface area contributed by atoms with E-state index in [9.17, 15) is 9.18 Å². The lowest BCUT2D eigenvalue weighted by Crippen LogP contribution is -2.42. The third kappa shape index (κ3) is 3.05. The van der Waals surface area contributed by atoms with Gasteiger partial charge in [0.2, 0.25) is 0 Å². The molecule has 0 radical (unpaired) electrons. The van der Waals surface area contributed by atoms with Crippen LogP contribution in [0.15, 0.2) is 24.3 Å². The summed E-state index contributed by atoms with van der Waals surface area (Å²) in [6, 6.07) is 6.02. The summed E-state index contributed by atoms with van der Waals surface area (Å²) >= 11 is 0. The van der Waals surface area contributed by atoms with E-state index in [-0.39, 0.29) is 24.3 Å². The molecule has 2 N–H and O–H groups in total. The predicted octanol–water partition coefficient (Wildman–Crippen LogP) is 1.32. The van der Waals surface area contributed by atoms with Gasteiger partial charge < -0.3 is 15.4 Å². The summed E-state index contributed by atoms with van der Waals surface area (Å²) in [5.41, 5.74) is 5.92. The topological polar surface area (TPSA) is 55.6 Å². The Morgan fingerprint density at radius 2 is 2.11 bits per heavy atom. The maximum absolute atomic E-state index is 13.6. The Bertz CT molecular complexity index is 408. The van der Waals surface area contributed by atoms with Crippen LogP contribution in [-0.4, -0.2) is 37.6 Å². The fourth-order valence-electron chi connectivity index (χ4n) is 1.74. The minimum Gasteiger partial charge on any atom is -0.370 e. The van der Waals surface area contributed by atoms with Crippen LogP contribution in [0.25, 0.3) is 0 Å². The number of methoxy groups -OCH3 is 1. The average molecular weight is 254 g/mol. The first kappa shape index (κ1) is 14.6. The van der Waals surface area contributed by atoms with E-state index in [0.29, 0.717) is 5.56 Å². The Morgan fingerprint density at radius 1 is 1.50 bits per heavy atom. The zero-order chi connectivity index (χ0) is 13.7. The molecule has 2 atom stereocenters.